The van der Waals surface area contributed by atoms with E-state index in [4.69, 9.17) is 11.6 Å². The Balaban J connectivity index is 1.75. The first kappa shape index (κ1) is 22.3. The molecule has 0 spiro atoms. The van der Waals surface area contributed by atoms with Crippen molar-refractivity contribution in [2.45, 2.75) is 19.9 Å². The highest BCUT2D eigenvalue weighted by atomic mass is 35.5. The number of anilines is 1. The van der Waals surface area contributed by atoms with Crippen LogP contribution in [0.25, 0.3) is 16.0 Å². The summed E-state index contributed by atoms with van der Waals surface area (Å²) in [6.07, 6.45) is 0. The predicted octanol–water partition coefficient (Wildman–Crippen LogP) is 6.33. The number of fused-ring (bicyclic) bond motifs is 1. The molecule has 5 nitrogen and oxygen atoms in total. The quantitative estimate of drug-likeness (QED) is 0.206. The van der Waals surface area contributed by atoms with Crippen LogP contribution in [-0.2, 0) is 9.59 Å². The number of carbonyl (C=O) groups is 2. The van der Waals surface area contributed by atoms with Crippen LogP contribution in [0.1, 0.15) is 28.3 Å². The monoisotopic (exact) mass is 492 g/mol. The molecule has 0 saturated carbocycles. The summed E-state index contributed by atoms with van der Waals surface area (Å²) < 4.78 is 14.3. The molecule has 1 amide bonds. The van der Waals surface area contributed by atoms with E-state index in [9.17, 15) is 19.1 Å². The molecule has 34 heavy (non-hydrogen) atoms. The summed E-state index contributed by atoms with van der Waals surface area (Å²) >= 11 is 7.53. The second-order valence-corrected chi connectivity index (χ2v) is 9.60. The molecule has 0 radical (unpaired) electrons. The van der Waals surface area contributed by atoms with Crippen LogP contribution in [0.3, 0.4) is 0 Å². The van der Waals surface area contributed by atoms with Crippen LogP contribution in [0, 0.1) is 19.7 Å². The Morgan fingerprint density at radius 1 is 1.09 bits per heavy atom. The van der Waals surface area contributed by atoms with Gasteiger partial charge in [0.25, 0.3) is 5.78 Å². The number of aliphatic hydroxyl groups is 1. The fraction of sp³-hybridized carbons (Fsp3) is 0.115. The van der Waals surface area contributed by atoms with Crippen molar-refractivity contribution in [1.29, 1.82) is 0 Å². The van der Waals surface area contributed by atoms with Crippen LogP contribution in [0.15, 0.2) is 66.2 Å². The highest BCUT2D eigenvalue weighted by Crippen LogP contribution is 2.45. The average Bonchev–Trinajstić information content (AvgIpc) is 3.33. The van der Waals surface area contributed by atoms with E-state index in [0.29, 0.717) is 15.7 Å². The van der Waals surface area contributed by atoms with Gasteiger partial charge in [0, 0.05) is 10.6 Å². The van der Waals surface area contributed by atoms with Crippen LogP contribution in [0.5, 0.6) is 0 Å². The number of Topliss-reactive ketones (excluding diaryl/α,β-unsaturated/α-hetero) is 1. The summed E-state index contributed by atoms with van der Waals surface area (Å²) in [7, 11) is 0. The first-order chi connectivity index (χ1) is 16.2. The topological polar surface area (TPSA) is 70.5 Å². The molecule has 1 N–H and O–H groups in total. The number of hydrogen-bond acceptors (Lipinski definition) is 5. The molecule has 1 aliphatic rings. The van der Waals surface area contributed by atoms with E-state index in [1.165, 1.54) is 40.5 Å². The molecule has 1 aromatic heterocycles. The van der Waals surface area contributed by atoms with Crippen LogP contribution < -0.4 is 4.90 Å². The van der Waals surface area contributed by atoms with Crippen LogP contribution in [0.2, 0.25) is 5.02 Å². The highest BCUT2D eigenvalue weighted by Gasteiger charge is 2.48. The lowest BCUT2D eigenvalue weighted by molar-refractivity contribution is -0.132. The number of carbonyl (C=O) groups excluding carboxylic acids is 2. The van der Waals surface area contributed by atoms with E-state index in [-0.39, 0.29) is 16.9 Å². The van der Waals surface area contributed by atoms with Gasteiger partial charge in [-0.3, -0.25) is 14.5 Å². The fourth-order valence-corrected chi connectivity index (χ4v) is 5.61. The number of nitrogens with zero attached hydrogens (tertiary/aromatic N) is 2. The van der Waals surface area contributed by atoms with Gasteiger partial charge in [-0.25, -0.2) is 9.37 Å². The van der Waals surface area contributed by atoms with Crippen LogP contribution >= 0.6 is 22.9 Å². The molecule has 0 bridgehead atoms. The summed E-state index contributed by atoms with van der Waals surface area (Å²) in [6, 6.07) is 14.9. The van der Waals surface area contributed by atoms with Gasteiger partial charge < -0.3 is 5.11 Å². The lowest BCUT2D eigenvalue weighted by Gasteiger charge is -2.23. The Hall–Kier alpha value is -3.55. The molecule has 1 aliphatic heterocycles. The van der Waals surface area contributed by atoms with Crippen molar-refractivity contribution in [1.82, 2.24) is 4.98 Å². The number of aromatic nitrogens is 1. The first-order valence-corrected chi connectivity index (χ1v) is 11.6. The first-order valence-electron chi connectivity index (χ1n) is 10.4. The Bertz CT molecular complexity index is 1510. The third kappa shape index (κ3) is 3.67. The third-order valence-corrected chi connectivity index (χ3v) is 6.99. The standard InChI is InChI=1S/C26H18ClFN2O3S/c1-13-10-14(2)21-19(11-13)34-26(29-21)30-22(16-4-3-5-17(27)12-16)20(24(32)25(30)33)23(31)15-6-8-18(28)9-7-15/h3-12,22,31H,1-2H3/b23-20+/t22-/m0/s1. The van der Waals surface area contributed by atoms with Gasteiger partial charge in [-0.1, -0.05) is 41.1 Å². The zero-order valence-corrected chi connectivity index (χ0v) is 19.7. The van der Waals surface area contributed by atoms with Gasteiger partial charge in [-0.2, -0.15) is 0 Å². The average molecular weight is 493 g/mol. The fourth-order valence-electron chi connectivity index (χ4n) is 4.25. The summed E-state index contributed by atoms with van der Waals surface area (Å²) in [6.45, 7) is 3.92. The molecule has 8 heteroatoms. The SMILES string of the molecule is Cc1cc(C)c2nc(N3C(=O)C(=O)/C(=C(/O)c4ccc(F)cc4)[C@@H]3c3cccc(Cl)c3)sc2c1. The second-order valence-electron chi connectivity index (χ2n) is 8.16. The number of halogens is 2. The summed E-state index contributed by atoms with van der Waals surface area (Å²) in [5, 5.41) is 11.9. The molecule has 0 aliphatic carbocycles. The van der Waals surface area contributed by atoms with Gasteiger partial charge in [0.2, 0.25) is 0 Å². The molecule has 2 heterocycles. The minimum atomic E-state index is -0.953. The van der Waals surface area contributed by atoms with Crippen molar-refractivity contribution in [2.75, 3.05) is 4.90 Å². The normalized spacial score (nSPS) is 17.6. The highest BCUT2D eigenvalue weighted by molar-refractivity contribution is 7.22. The van der Waals surface area contributed by atoms with Crippen LogP contribution in [-0.4, -0.2) is 21.8 Å². The molecule has 4 aromatic rings. The van der Waals surface area contributed by atoms with Gasteiger partial charge in [-0.15, -0.1) is 0 Å². The summed E-state index contributed by atoms with van der Waals surface area (Å²) in [5.74, 6) is -2.52. The third-order valence-electron chi connectivity index (χ3n) is 5.75. The van der Waals surface area contributed by atoms with E-state index >= 15 is 0 Å². The minimum absolute atomic E-state index is 0.106. The molecular weight excluding hydrogens is 475 g/mol. The molecular formula is C26H18ClFN2O3S. The molecule has 1 fully saturated rings. The van der Waals surface area contributed by atoms with Crippen molar-refractivity contribution >= 4 is 55.7 Å². The van der Waals surface area contributed by atoms with E-state index < -0.39 is 23.5 Å². The minimum Gasteiger partial charge on any atom is -0.507 e. The van der Waals surface area contributed by atoms with E-state index in [0.717, 1.165) is 21.3 Å². The number of thiazole rings is 1. The maximum atomic E-state index is 13.4. The number of benzene rings is 3. The molecule has 170 valence electrons. The number of aliphatic hydroxyl groups excluding tert-OH is 1. The van der Waals surface area contributed by atoms with Crippen molar-refractivity contribution in [3.63, 3.8) is 0 Å². The molecule has 0 unspecified atom stereocenters. The molecule has 5 rings (SSSR count). The van der Waals surface area contributed by atoms with E-state index in [1.54, 1.807) is 24.3 Å². The van der Waals surface area contributed by atoms with Crippen molar-refractivity contribution in [3.05, 3.63) is 99.3 Å². The Morgan fingerprint density at radius 2 is 1.82 bits per heavy atom. The number of ketones is 1. The van der Waals surface area contributed by atoms with Crippen molar-refractivity contribution in [3.8, 4) is 0 Å². The van der Waals surface area contributed by atoms with Crippen LogP contribution in [0.4, 0.5) is 9.52 Å². The van der Waals surface area contributed by atoms with Gasteiger partial charge in [0.1, 0.15) is 11.6 Å². The van der Waals surface area contributed by atoms with Crippen molar-refractivity contribution in [2.24, 2.45) is 0 Å². The summed E-state index contributed by atoms with van der Waals surface area (Å²) in [4.78, 5) is 32.5. The zero-order valence-electron chi connectivity index (χ0n) is 18.2. The lowest BCUT2D eigenvalue weighted by Crippen LogP contribution is -2.29. The van der Waals surface area contributed by atoms with Gasteiger partial charge in [0.15, 0.2) is 5.13 Å². The van der Waals surface area contributed by atoms with Gasteiger partial charge in [0.05, 0.1) is 21.8 Å². The van der Waals surface area contributed by atoms with Gasteiger partial charge >= 0.3 is 5.91 Å². The van der Waals surface area contributed by atoms with Gasteiger partial charge in [-0.05, 0) is 73.0 Å². The summed E-state index contributed by atoms with van der Waals surface area (Å²) in [5.41, 5.74) is 3.43. The molecule has 3 aromatic carbocycles. The largest absolute Gasteiger partial charge is 0.507 e. The Labute approximate surface area is 203 Å². The smallest absolute Gasteiger partial charge is 0.301 e. The number of aryl methyl sites for hydroxylation is 2. The second kappa shape index (κ2) is 8.34. The lowest BCUT2D eigenvalue weighted by atomic mass is 9.95. The zero-order chi connectivity index (χ0) is 24.1. The van der Waals surface area contributed by atoms with Crippen molar-refractivity contribution < 1.29 is 19.1 Å². The maximum Gasteiger partial charge on any atom is 0.301 e. The predicted molar refractivity (Wildman–Crippen MR) is 132 cm³/mol. The number of hydrogen-bond donors (Lipinski definition) is 1. The molecule has 1 saturated heterocycles. The Kier molecular flexibility index (Phi) is 5.46. The Morgan fingerprint density at radius 3 is 2.53 bits per heavy atom. The molecule has 1 atom stereocenters. The van der Waals surface area contributed by atoms with E-state index in [2.05, 4.69) is 4.98 Å². The number of rotatable bonds is 3. The number of amides is 1. The maximum absolute atomic E-state index is 13.4. The van der Waals surface area contributed by atoms with E-state index in [1.807, 2.05) is 26.0 Å².